The molecule has 0 unspecified atom stereocenters. The van der Waals surface area contributed by atoms with Crippen molar-refractivity contribution < 1.29 is 14.1 Å². The van der Waals surface area contributed by atoms with Crippen molar-refractivity contribution >= 4 is 36.6 Å². The Balaban J connectivity index is 0.00000312. The Labute approximate surface area is 165 Å². The van der Waals surface area contributed by atoms with Crippen LogP contribution in [0, 0.1) is 12.8 Å². The molecule has 2 heterocycles. The van der Waals surface area contributed by atoms with E-state index in [2.05, 4.69) is 20.4 Å². The lowest BCUT2D eigenvalue weighted by Gasteiger charge is -2.34. The Morgan fingerprint density at radius 3 is 2.35 bits per heavy atom. The highest BCUT2D eigenvalue weighted by atomic mass is 35.5. The quantitative estimate of drug-likeness (QED) is 0.675. The number of piperazine rings is 1. The van der Waals surface area contributed by atoms with Crippen molar-refractivity contribution in [2.75, 3.05) is 32.7 Å². The maximum atomic E-state index is 12.2. The fraction of sp³-hybridized carbons (Fsp3) is 0.733. The van der Waals surface area contributed by atoms with Crippen LogP contribution in [0.1, 0.15) is 25.6 Å². The standard InChI is InChI=1S/C15H26N6O3.2ClH/c1-10(2)14(16)15(23)17-8-13(22)21-6-4-20(5-7-21)9-12-18-11(3)19-24-12;;/h10,14H,4-9,16H2,1-3H3,(H,17,23);2*1H/t14-;;/m0../s1. The van der Waals surface area contributed by atoms with Crippen LogP contribution in [-0.2, 0) is 16.1 Å². The first kappa shape index (κ1) is 24.6. The SMILES string of the molecule is Cc1noc(CN2CCN(C(=O)CNC(=O)[C@@H](N)C(C)C)CC2)n1.Cl.Cl. The summed E-state index contributed by atoms with van der Waals surface area (Å²) in [4.78, 5) is 32.0. The van der Waals surface area contributed by atoms with Gasteiger partial charge in [0.2, 0.25) is 17.7 Å². The molecule has 1 aliphatic heterocycles. The van der Waals surface area contributed by atoms with Crippen LogP contribution >= 0.6 is 24.8 Å². The number of rotatable bonds is 6. The number of halogens is 2. The Bertz CT molecular complexity index is 575. The van der Waals surface area contributed by atoms with Gasteiger partial charge in [0.1, 0.15) is 0 Å². The Hall–Kier alpha value is -1.42. The lowest BCUT2D eigenvalue weighted by molar-refractivity contribution is -0.134. The summed E-state index contributed by atoms with van der Waals surface area (Å²) in [5.41, 5.74) is 5.75. The number of hydrogen-bond donors (Lipinski definition) is 2. The smallest absolute Gasteiger partial charge is 0.242 e. The minimum Gasteiger partial charge on any atom is -0.346 e. The number of nitrogens with two attached hydrogens (primary N) is 1. The molecule has 0 aromatic carbocycles. The molecule has 1 aromatic heterocycles. The van der Waals surface area contributed by atoms with Crippen molar-refractivity contribution in [2.45, 2.75) is 33.4 Å². The van der Waals surface area contributed by atoms with Crippen molar-refractivity contribution in [3.8, 4) is 0 Å². The zero-order valence-corrected chi connectivity index (χ0v) is 16.9. The summed E-state index contributed by atoms with van der Waals surface area (Å²) in [6.45, 7) is 8.77. The molecule has 2 rings (SSSR count). The molecule has 9 nitrogen and oxygen atoms in total. The van der Waals surface area contributed by atoms with Gasteiger partial charge < -0.3 is 20.5 Å². The molecule has 0 bridgehead atoms. The van der Waals surface area contributed by atoms with E-state index in [1.54, 1.807) is 11.8 Å². The number of amides is 2. The van der Waals surface area contributed by atoms with Crippen molar-refractivity contribution in [1.29, 1.82) is 0 Å². The third-order valence-electron chi connectivity index (χ3n) is 4.09. The number of aryl methyl sites for hydroxylation is 1. The zero-order chi connectivity index (χ0) is 17.7. The second kappa shape index (κ2) is 11.3. The van der Waals surface area contributed by atoms with Crippen molar-refractivity contribution in [2.24, 2.45) is 11.7 Å². The van der Waals surface area contributed by atoms with Gasteiger partial charge in [-0.1, -0.05) is 19.0 Å². The molecule has 1 fully saturated rings. The van der Waals surface area contributed by atoms with E-state index < -0.39 is 6.04 Å². The number of carbonyl (C=O) groups is 2. The fourth-order valence-electron chi connectivity index (χ4n) is 2.45. The van der Waals surface area contributed by atoms with Crippen LogP contribution in [0.2, 0.25) is 0 Å². The minimum absolute atomic E-state index is 0. The summed E-state index contributed by atoms with van der Waals surface area (Å²) in [5.74, 6) is 0.865. The third-order valence-corrected chi connectivity index (χ3v) is 4.09. The monoisotopic (exact) mass is 410 g/mol. The van der Waals surface area contributed by atoms with E-state index in [4.69, 9.17) is 10.3 Å². The van der Waals surface area contributed by atoms with Crippen molar-refractivity contribution in [1.82, 2.24) is 25.3 Å². The molecule has 2 amide bonds. The Kier molecular flexibility index (Phi) is 10.7. The van der Waals surface area contributed by atoms with Crippen LogP contribution in [0.15, 0.2) is 4.52 Å². The van der Waals surface area contributed by atoms with E-state index in [0.29, 0.717) is 31.3 Å². The molecule has 3 N–H and O–H groups in total. The first-order chi connectivity index (χ1) is 11.4. The molecular weight excluding hydrogens is 383 g/mol. The lowest BCUT2D eigenvalue weighted by atomic mass is 10.1. The van der Waals surface area contributed by atoms with Crippen LogP contribution in [0.4, 0.5) is 0 Å². The summed E-state index contributed by atoms with van der Waals surface area (Å²) in [5, 5.41) is 6.38. The second-order valence-electron chi connectivity index (χ2n) is 6.38. The summed E-state index contributed by atoms with van der Waals surface area (Å²) in [7, 11) is 0. The number of nitrogens with one attached hydrogen (secondary N) is 1. The van der Waals surface area contributed by atoms with E-state index in [9.17, 15) is 9.59 Å². The van der Waals surface area contributed by atoms with Gasteiger partial charge in [0, 0.05) is 26.2 Å². The molecule has 1 saturated heterocycles. The van der Waals surface area contributed by atoms with Crippen molar-refractivity contribution in [3.63, 3.8) is 0 Å². The maximum absolute atomic E-state index is 12.2. The molecule has 0 spiro atoms. The van der Waals surface area contributed by atoms with Gasteiger partial charge in [-0.15, -0.1) is 24.8 Å². The molecule has 0 aliphatic carbocycles. The van der Waals surface area contributed by atoms with Gasteiger partial charge in [-0.2, -0.15) is 4.98 Å². The zero-order valence-electron chi connectivity index (χ0n) is 15.3. The molecule has 150 valence electrons. The lowest BCUT2D eigenvalue weighted by Crippen LogP contribution is -2.52. The Morgan fingerprint density at radius 2 is 1.85 bits per heavy atom. The molecule has 1 aromatic rings. The molecule has 1 atom stereocenters. The molecule has 26 heavy (non-hydrogen) atoms. The molecule has 0 radical (unpaired) electrons. The number of hydrogen-bond acceptors (Lipinski definition) is 7. The maximum Gasteiger partial charge on any atom is 0.242 e. The third kappa shape index (κ3) is 7.06. The molecule has 1 aliphatic rings. The highest BCUT2D eigenvalue weighted by molar-refractivity contribution is 5.87. The first-order valence-corrected chi connectivity index (χ1v) is 8.19. The van der Waals surface area contributed by atoms with Gasteiger partial charge in [0.25, 0.3) is 0 Å². The second-order valence-corrected chi connectivity index (χ2v) is 6.38. The average Bonchev–Trinajstić information content (AvgIpc) is 2.97. The van der Waals surface area contributed by atoms with Crippen LogP contribution in [0.5, 0.6) is 0 Å². The predicted molar refractivity (Wildman–Crippen MR) is 101 cm³/mol. The van der Waals surface area contributed by atoms with Gasteiger partial charge in [-0.05, 0) is 12.8 Å². The fourth-order valence-corrected chi connectivity index (χ4v) is 2.45. The number of aromatic nitrogens is 2. The minimum atomic E-state index is -0.590. The van der Waals surface area contributed by atoms with Gasteiger partial charge in [0.05, 0.1) is 19.1 Å². The predicted octanol–water partition coefficient (Wildman–Crippen LogP) is -0.0347. The highest BCUT2D eigenvalue weighted by Gasteiger charge is 2.23. The van der Waals surface area contributed by atoms with Gasteiger partial charge in [0.15, 0.2) is 5.82 Å². The first-order valence-electron chi connectivity index (χ1n) is 8.19. The summed E-state index contributed by atoms with van der Waals surface area (Å²) in [6.07, 6.45) is 0. The summed E-state index contributed by atoms with van der Waals surface area (Å²) < 4.78 is 5.11. The van der Waals surface area contributed by atoms with E-state index in [1.807, 2.05) is 13.8 Å². The van der Waals surface area contributed by atoms with E-state index in [1.165, 1.54) is 0 Å². The summed E-state index contributed by atoms with van der Waals surface area (Å²) in [6, 6.07) is -0.590. The normalized spacial score (nSPS) is 15.8. The van der Waals surface area contributed by atoms with Crippen LogP contribution in [-0.4, -0.2) is 70.5 Å². The van der Waals surface area contributed by atoms with E-state index in [0.717, 1.165) is 13.1 Å². The highest BCUT2D eigenvalue weighted by Crippen LogP contribution is 2.07. The average molecular weight is 411 g/mol. The van der Waals surface area contributed by atoms with Crippen LogP contribution in [0.25, 0.3) is 0 Å². The number of carbonyl (C=O) groups excluding carboxylic acids is 2. The topological polar surface area (TPSA) is 118 Å². The van der Waals surface area contributed by atoms with Gasteiger partial charge >= 0.3 is 0 Å². The largest absolute Gasteiger partial charge is 0.346 e. The van der Waals surface area contributed by atoms with Gasteiger partial charge in [-0.3, -0.25) is 14.5 Å². The van der Waals surface area contributed by atoms with Crippen LogP contribution in [0.3, 0.4) is 0 Å². The van der Waals surface area contributed by atoms with Gasteiger partial charge in [-0.25, -0.2) is 0 Å². The van der Waals surface area contributed by atoms with E-state index >= 15 is 0 Å². The van der Waals surface area contributed by atoms with E-state index in [-0.39, 0.29) is 49.1 Å². The summed E-state index contributed by atoms with van der Waals surface area (Å²) >= 11 is 0. The van der Waals surface area contributed by atoms with Crippen molar-refractivity contribution in [3.05, 3.63) is 11.7 Å². The van der Waals surface area contributed by atoms with Crippen LogP contribution < -0.4 is 11.1 Å². The number of nitrogens with zero attached hydrogens (tertiary/aromatic N) is 4. The molecular formula is C15H28Cl2N6O3. The molecule has 11 heteroatoms. The Morgan fingerprint density at radius 1 is 1.23 bits per heavy atom. The molecule has 0 saturated carbocycles.